The Balaban J connectivity index is 1.58. The van der Waals surface area contributed by atoms with E-state index in [-0.39, 0.29) is 36.4 Å². The molecule has 1 fully saturated rings. The van der Waals surface area contributed by atoms with Crippen molar-refractivity contribution in [1.29, 1.82) is 0 Å². The van der Waals surface area contributed by atoms with Crippen molar-refractivity contribution < 1.29 is 17.6 Å². The minimum absolute atomic E-state index is 0.115. The van der Waals surface area contributed by atoms with Gasteiger partial charge in [0.2, 0.25) is 15.9 Å². The van der Waals surface area contributed by atoms with Crippen molar-refractivity contribution in [2.45, 2.75) is 18.6 Å². The van der Waals surface area contributed by atoms with Crippen LogP contribution in [-0.2, 0) is 20.6 Å². The molecule has 1 aliphatic heterocycles. The van der Waals surface area contributed by atoms with E-state index in [4.69, 9.17) is 11.6 Å². The van der Waals surface area contributed by atoms with Gasteiger partial charge >= 0.3 is 0 Å². The molecule has 1 saturated heterocycles. The van der Waals surface area contributed by atoms with Gasteiger partial charge in [0.25, 0.3) is 0 Å². The van der Waals surface area contributed by atoms with E-state index in [2.05, 4.69) is 21.2 Å². The monoisotopic (exact) mass is 488 g/mol. The van der Waals surface area contributed by atoms with Gasteiger partial charge < -0.3 is 5.32 Å². The average Bonchev–Trinajstić information content (AvgIpc) is 2.64. The van der Waals surface area contributed by atoms with E-state index in [1.54, 1.807) is 30.3 Å². The molecule has 0 bridgehead atoms. The fraction of sp³-hybridized carbons (Fsp3) is 0.316. The first-order valence-electron chi connectivity index (χ1n) is 8.73. The number of carbonyl (C=O) groups excluding carboxylic acids is 1. The van der Waals surface area contributed by atoms with Crippen LogP contribution in [0.15, 0.2) is 46.9 Å². The summed E-state index contributed by atoms with van der Waals surface area (Å²) < 4.78 is 41.2. The first-order valence-corrected chi connectivity index (χ1v) is 11.5. The Labute approximate surface area is 177 Å². The van der Waals surface area contributed by atoms with Crippen LogP contribution in [0.1, 0.15) is 18.4 Å². The highest BCUT2D eigenvalue weighted by molar-refractivity contribution is 9.10. The van der Waals surface area contributed by atoms with E-state index in [1.165, 1.54) is 16.4 Å². The number of halogens is 3. The van der Waals surface area contributed by atoms with Gasteiger partial charge in [0.1, 0.15) is 5.82 Å². The molecular formula is C19H19BrClFN2O3S. The SMILES string of the molecule is O=C(Nc1ccc(Br)cc1F)C1CCN(S(=O)(=O)Cc2cccc(Cl)c2)CC1. The van der Waals surface area contributed by atoms with Crippen LogP contribution in [0.2, 0.25) is 5.02 Å². The van der Waals surface area contributed by atoms with E-state index in [9.17, 15) is 17.6 Å². The predicted molar refractivity (Wildman–Crippen MR) is 111 cm³/mol. The van der Waals surface area contributed by atoms with Crippen LogP contribution in [0.3, 0.4) is 0 Å². The Hall–Kier alpha value is -1.48. The number of anilines is 1. The first-order chi connectivity index (χ1) is 13.2. The Morgan fingerprint density at radius 2 is 1.93 bits per heavy atom. The number of hydrogen-bond donors (Lipinski definition) is 1. The van der Waals surface area contributed by atoms with E-state index < -0.39 is 15.8 Å². The number of sulfonamides is 1. The zero-order valence-electron chi connectivity index (χ0n) is 14.9. The lowest BCUT2D eigenvalue weighted by Crippen LogP contribution is -2.41. The maximum Gasteiger partial charge on any atom is 0.227 e. The van der Waals surface area contributed by atoms with Crippen molar-refractivity contribution in [1.82, 2.24) is 4.31 Å². The Bertz CT molecular complexity index is 979. The van der Waals surface area contributed by atoms with Gasteiger partial charge in [-0.25, -0.2) is 17.1 Å². The van der Waals surface area contributed by atoms with Crippen LogP contribution < -0.4 is 5.32 Å². The van der Waals surface area contributed by atoms with Crippen LogP contribution in [0.25, 0.3) is 0 Å². The van der Waals surface area contributed by atoms with Crippen LogP contribution in [0.5, 0.6) is 0 Å². The molecule has 0 radical (unpaired) electrons. The molecular weight excluding hydrogens is 471 g/mol. The summed E-state index contributed by atoms with van der Waals surface area (Å²) in [4.78, 5) is 12.4. The molecule has 0 atom stereocenters. The molecule has 0 aliphatic carbocycles. The maximum absolute atomic E-state index is 13.9. The van der Waals surface area contributed by atoms with Crippen LogP contribution in [0.4, 0.5) is 10.1 Å². The molecule has 0 spiro atoms. The molecule has 2 aromatic rings. The minimum atomic E-state index is -3.49. The van der Waals surface area contributed by atoms with Crippen molar-refractivity contribution in [3.05, 3.63) is 63.3 Å². The molecule has 9 heteroatoms. The molecule has 1 N–H and O–H groups in total. The molecule has 3 rings (SSSR count). The second kappa shape index (κ2) is 8.90. The maximum atomic E-state index is 13.9. The number of hydrogen-bond acceptors (Lipinski definition) is 3. The lowest BCUT2D eigenvalue weighted by atomic mass is 9.97. The van der Waals surface area contributed by atoms with Crippen molar-refractivity contribution in [3.63, 3.8) is 0 Å². The summed E-state index contributed by atoms with van der Waals surface area (Å²) in [6, 6.07) is 11.2. The van der Waals surface area contributed by atoms with Crippen LogP contribution >= 0.6 is 27.5 Å². The summed E-state index contributed by atoms with van der Waals surface area (Å²) in [5.74, 6) is -1.31. The van der Waals surface area contributed by atoms with E-state index in [0.717, 1.165) is 0 Å². The lowest BCUT2D eigenvalue weighted by Gasteiger charge is -2.30. The van der Waals surface area contributed by atoms with Crippen LogP contribution in [0, 0.1) is 11.7 Å². The van der Waals surface area contributed by atoms with Gasteiger partial charge in [0.05, 0.1) is 11.4 Å². The molecule has 150 valence electrons. The minimum Gasteiger partial charge on any atom is -0.323 e. The quantitative estimate of drug-likeness (QED) is 0.676. The number of nitrogens with zero attached hydrogens (tertiary/aromatic N) is 1. The smallest absolute Gasteiger partial charge is 0.227 e. The van der Waals surface area contributed by atoms with Gasteiger partial charge in [-0.05, 0) is 48.7 Å². The van der Waals surface area contributed by atoms with E-state index in [1.807, 2.05) is 0 Å². The summed E-state index contributed by atoms with van der Waals surface area (Å²) in [6.45, 7) is 0.508. The highest BCUT2D eigenvalue weighted by atomic mass is 79.9. The van der Waals surface area contributed by atoms with Gasteiger partial charge in [0, 0.05) is 28.5 Å². The van der Waals surface area contributed by atoms with Crippen LogP contribution in [-0.4, -0.2) is 31.7 Å². The Morgan fingerprint density at radius 3 is 2.57 bits per heavy atom. The molecule has 28 heavy (non-hydrogen) atoms. The summed E-state index contributed by atoms with van der Waals surface area (Å²) in [5, 5.41) is 3.08. The molecule has 0 unspecified atom stereocenters. The number of benzene rings is 2. The molecule has 0 aromatic heterocycles. The molecule has 0 saturated carbocycles. The molecule has 2 aromatic carbocycles. The second-order valence-corrected chi connectivity index (χ2v) is 9.99. The zero-order valence-corrected chi connectivity index (χ0v) is 18.0. The highest BCUT2D eigenvalue weighted by Gasteiger charge is 2.31. The fourth-order valence-electron chi connectivity index (χ4n) is 3.15. The Morgan fingerprint density at radius 1 is 1.21 bits per heavy atom. The summed E-state index contributed by atoms with van der Waals surface area (Å²) in [5.41, 5.74) is 0.738. The molecule has 1 aliphatic rings. The molecule has 5 nitrogen and oxygen atoms in total. The average molecular weight is 490 g/mol. The third-order valence-corrected chi connectivity index (χ3v) is 7.22. The van der Waals surface area contributed by atoms with E-state index >= 15 is 0 Å². The number of nitrogens with one attached hydrogen (secondary N) is 1. The van der Waals surface area contributed by atoms with Gasteiger partial charge in [-0.2, -0.15) is 0 Å². The van der Waals surface area contributed by atoms with E-state index in [0.29, 0.717) is 27.9 Å². The van der Waals surface area contributed by atoms with Gasteiger partial charge in [-0.15, -0.1) is 0 Å². The largest absolute Gasteiger partial charge is 0.323 e. The zero-order chi connectivity index (χ0) is 20.3. The normalized spacial score (nSPS) is 16.1. The first kappa shape index (κ1) is 21.2. The van der Waals surface area contributed by atoms with Gasteiger partial charge in [0.15, 0.2) is 0 Å². The van der Waals surface area contributed by atoms with Crippen molar-refractivity contribution in [3.8, 4) is 0 Å². The summed E-state index contributed by atoms with van der Waals surface area (Å²) in [6.07, 6.45) is 0.775. The number of piperidine rings is 1. The fourth-order valence-corrected chi connectivity index (χ4v) is 5.25. The number of amides is 1. The van der Waals surface area contributed by atoms with Crippen molar-refractivity contribution in [2.24, 2.45) is 5.92 Å². The Kier molecular flexibility index (Phi) is 6.75. The van der Waals surface area contributed by atoms with Gasteiger partial charge in [-0.3, -0.25) is 4.79 Å². The standard InChI is InChI=1S/C19H19BrClFN2O3S/c20-15-4-5-18(17(22)11-15)23-19(25)14-6-8-24(9-7-14)28(26,27)12-13-2-1-3-16(21)10-13/h1-5,10-11,14H,6-9,12H2,(H,23,25). The number of rotatable bonds is 5. The lowest BCUT2D eigenvalue weighted by molar-refractivity contribution is -0.120. The summed E-state index contributed by atoms with van der Waals surface area (Å²) in [7, 11) is -3.49. The topological polar surface area (TPSA) is 66.5 Å². The third kappa shape index (κ3) is 5.31. The van der Waals surface area contributed by atoms with Crippen molar-refractivity contribution in [2.75, 3.05) is 18.4 Å². The highest BCUT2D eigenvalue weighted by Crippen LogP contribution is 2.25. The molecule has 1 heterocycles. The third-order valence-electron chi connectivity index (χ3n) is 4.65. The molecule has 1 amide bonds. The second-order valence-electron chi connectivity index (χ2n) is 6.67. The van der Waals surface area contributed by atoms with Crippen molar-refractivity contribution >= 4 is 49.1 Å². The predicted octanol–water partition coefficient (Wildman–Crippen LogP) is 4.42. The van der Waals surface area contributed by atoms with Gasteiger partial charge in [-0.1, -0.05) is 39.7 Å². The number of carbonyl (C=O) groups is 1. The summed E-state index contributed by atoms with van der Waals surface area (Å²) >= 11 is 9.09.